The number of benzene rings is 1. The molecule has 0 aliphatic carbocycles. The van der Waals surface area contributed by atoms with E-state index < -0.39 is 0 Å². The highest BCUT2D eigenvalue weighted by Crippen LogP contribution is 2.15. The van der Waals surface area contributed by atoms with Crippen LogP contribution in [0.1, 0.15) is 31.4 Å². The van der Waals surface area contributed by atoms with E-state index in [0.29, 0.717) is 0 Å². The lowest BCUT2D eigenvalue weighted by molar-refractivity contribution is 0.348. The van der Waals surface area contributed by atoms with Crippen molar-refractivity contribution < 1.29 is 4.39 Å². The van der Waals surface area contributed by atoms with Crippen molar-refractivity contribution in [1.29, 1.82) is 0 Å². The van der Waals surface area contributed by atoms with Gasteiger partial charge < -0.3 is 10.6 Å². The molecule has 1 aliphatic heterocycles. The van der Waals surface area contributed by atoms with Gasteiger partial charge in [-0.25, -0.2) is 4.39 Å². The Morgan fingerprint density at radius 2 is 2.18 bits per heavy atom. The molecule has 1 saturated heterocycles. The zero-order chi connectivity index (χ0) is 12.1. The van der Waals surface area contributed by atoms with Crippen LogP contribution in [0.15, 0.2) is 24.3 Å². The van der Waals surface area contributed by atoms with Crippen LogP contribution >= 0.6 is 0 Å². The number of rotatable bonds is 4. The molecule has 2 N–H and O–H groups in total. The Morgan fingerprint density at radius 3 is 2.82 bits per heavy atom. The Kier molecular flexibility index (Phi) is 4.51. The lowest BCUT2D eigenvalue weighted by atomic mass is 9.99. The van der Waals surface area contributed by atoms with E-state index in [4.69, 9.17) is 0 Å². The molecule has 0 amide bonds. The monoisotopic (exact) mass is 236 g/mol. The van der Waals surface area contributed by atoms with Gasteiger partial charge in [-0.15, -0.1) is 0 Å². The lowest BCUT2D eigenvalue weighted by Crippen LogP contribution is -2.36. The third-order valence-electron chi connectivity index (χ3n) is 3.48. The molecular formula is C14H21FN2. The minimum Gasteiger partial charge on any atom is -0.316 e. The van der Waals surface area contributed by atoms with Gasteiger partial charge in [0, 0.05) is 6.04 Å². The van der Waals surface area contributed by atoms with Crippen LogP contribution in [-0.2, 0) is 0 Å². The van der Waals surface area contributed by atoms with E-state index in [-0.39, 0.29) is 11.9 Å². The highest BCUT2D eigenvalue weighted by molar-refractivity contribution is 5.19. The fourth-order valence-corrected chi connectivity index (χ4v) is 2.31. The topological polar surface area (TPSA) is 24.1 Å². The minimum absolute atomic E-state index is 0.169. The molecule has 0 aromatic heterocycles. The summed E-state index contributed by atoms with van der Waals surface area (Å²) in [6.45, 7) is 5.43. The Morgan fingerprint density at radius 1 is 1.41 bits per heavy atom. The van der Waals surface area contributed by atoms with Crippen LogP contribution in [0.2, 0.25) is 0 Å². The van der Waals surface area contributed by atoms with Crippen molar-refractivity contribution in [3.05, 3.63) is 35.6 Å². The molecule has 1 unspecified atom stereocenters. The standard InChI is InChI=1S/C14H21FN2/c1-11(13-4-6-14(15)7-5-13)17-10-12-3-2-8-16-9-12/h4-7,11-12,16-17H,2-3,8-10H2,1H3/t11-,12?/m1/s1. The van der Waals surface area contributed by atoms with Gasteiger partial charge >= 0.3 is 0 Å². The van der Waals surface area contributed by atoms with Crippen molar-refractivity contribution in [3.63, 3.8) is 0 Å². The summed E-state index contributed by atoms with van der Waals surface area (Å²) in [6, 6.07) is 7.04. The fourth-order valence-electron chi connectivity index (χ4n) is 2.31. The molecule has 2 rings (SSSR count). The van der Waals surface area contributed by atoms with Gasteiger partial charge in [-0.3, -0.25) is 0 Å². The van der Waals surface area contributed by atoms with Crippen LogP contribution in [0.4, 0.5) is 4.39 Å². The molecule has 1 aromatic carbocycles. The van der Waals surface area contributed by atoms with Gasteiger partial charge in [0.05, 0.1) is 0 Å². The molecule has 1 fully saturated rings. The van der Waals surface area contributed by atoms with E-state index >= 15 is 0 Å². The van der Waals surface area contributed by atoms with E-state index in [0.717, 1.165) is 31.1 Å². The van der Waals surface area contributed by atoms with Gasteiger partial charge in [-0.05, 0) is 63.0 Å². The van der Waals surface area contributed by atoms with Gasteiger partial charge in [0.2, 0.25) is 0 Å². The van der Waals surface area contributed by atoms with Crippen molar-refractivity contribution in [2.45, 2.75) is 25.8 Å². The fraction of sp³-hybridized carbons (Fsp3) is 0.571. The van der Waals surface area contributed by atoms with E-state index in [1.807, 2.05) is 12.1 Å². The van der Waals surface area contributed by atoms with Crippen LogP contribution in [0.25, 0.3) is 0 Å². The summed E-state index contributed by atoms with van der Waals surface area (Å²) in [5.41, 5.74) is 1.15. The molecule has 1 aromatic rings. The first-order valence-corrected chi connectivity index (χ1v) is 6.45. The molecule has 0 saturated carbocycles. The van der Waals surface area contributed by atoms with Crippen molar-refractivity contribution >= 4 is 0 Å². The normalized spacial score (nSPS) is 22.4. The first-order chi connectivity index (χ1) is 8.25. The second kappa shape index (κ2) is 6.12. The summed E-state index contributed by atoms with van der Waals surface area (Å²) in [6.07, 6.45) is 2.58. The molecule has 0 spiro atoms. The quantitative estimate of drug-likeness (QED) is 0.839. The maximum Gasteiger partial charge on any atom is 0.123 e. The minimum atomic E-state index is -0.169. The van der Waals surface area contributed by atoms with Crippen LogP contribution in [0, 0.1) is 11.7 Å². The average molecular weight is 236 g/mol. The Hall–Kier alpha value is -0.930. The van der Waals surface area contributed by atoms with E-state index in [1.165, 1.54) is 25.0 Å². The zero-order valence-electron chi connectivity index (χ0n) is 10.4. The van der Waals surface area contributed by atoms with Crippen molar-refractivity contribution in [1.82, 2.24) is 10.6 Å². The summed E-state index contributed by atoms with van der Waals surface area (Å²) in [5.74, 6) is 0.559. The number of piperidine rings is 1. The highest BCUT2D eigenvalue weighted by Gasteiger charge is 2.14. The Bertz CT molecular complexity index is 331. The first kappa shape index (κ1) is 12.5. The third kappa shape index (κ3) is 3.79. The molecule has 2 atom stereocenters. The van der Waals surface area contributed by atoms with Crippen molar-refractivity contribution in [2.75, 3.05) is 19.6 Å². The van der Waals surface area contributed by atoms with Crippen LogP contribution in [0.5, 0.6) is 0 Å². The number of halogens is 1. The average Bonchev–Trinajstić information content (AvgIpc) is 2.38. The highest BCUT2D eigenvalue weighted by atomic mass is 19.1. The van der Waals surface area contributed by atoms with Crippen molar-refractivity contribution in [2.24, 2.45) is 5.92 Å². The molecule has 3 heteroatoms. The van der Waals surface area contributed by atoms with Gasteiger partial charge in [-0.1, -0.05) is 12.1 Å². The van der Waals surface area contributed by atoms with Crippen LogP contribution < -0.4 is 10.6 Å². The van der Waals surface area contributed by atoms with E-state index in [9.17, 15) is 4.39 Å². The Balaban J connectivity index is 1.80. The number of hydrogen-bond donors (Lipinski definition) is 2. The summed E-state index contributed by atoms with van der Waals surface area (Å²) in [7, 11) is 0. The van der Waals surface area contributed by atoms with E-state index in [1.54, 1.807) is 0 Å². The summed E-state index contributed by atoms with van der Waals surface area (Å²) >= 11 is 0. The molecule has 0 bridgehead atoms. The van der Waals surface area contributed by atoms with Gasteiger partial charge in [0.1, 0.15) is 5.82 Å². The lowest BCUT2D eigenvalue weighted by Gasteiger charge is -2.25. The predicted octanol–water partition coefficient (Wildman–Crippen LogP) is 2.48. The molecule has 94 valence electrons. The molecule has 0 radical (unpaired) electrons. The van der Waals surface area contributed by atoms with Gasteiger partial charge in [0.25, 0.3) is 0 Å². The largest absolute Gasteiger partial charge is 0.316 e. The second-order valence-corrected chi connectivity index (χ2v) is 4.89. The van der Waals surface area contributed by atoms with Crippen molar-refractivity contribution in [3.8, 4) is 0 Å². The van der Waals surface area contributed by atoms with E-state index in [2.05, 4.69) is 17.6 Å². The number of nitrogens with one attached hydrogen (secondary N) is 2. The third-order valence-corrected chi connectivity index (χ3v) is 3.48. The van der Waals surface area contributed by atoms with Gasteiger partial charge in [0.15, 0.2) is 0 Å². The molecule has 1 heterocycles. The van der Waals surface area contributed by atoms with Crippen LogP contribution in [0.3, 0.4) is 0 Å². The summed E-state index contributed by atoms with van der Waals surface area (Å²) in [5, 5.41) is 6.94. The smallest absolute Gasteiger partial charge is 0.123 e. The second-order valence-electron chi connectivity index (χ2n) is 4.89. The maximum atomic E-state index is 12.8. The number of hydrogen-bond acceptors (Lipinski definition) is 2. The maximum absolute atomic E-state index is 12.8. The molecule has 2 nitrogen and oxygen atoms in total. The molecule has 17 heavy (non-hydrogen) atoms. The predicted molar refractivity (Wildman–Crippen MR) is 68.4 cm³/mol. The molecule has 1 aliphatic rings. The zero-order valence-corrected chi connectivity index (χ0v) is 10.4. The summed E-state index contributed by atoms with van der Waals surface area (Å²) < 4.78 is 12.8. The van der Waals surface area contributed by atoms with Gasteiger partial charge in [-0.2, -0.15) is 0 Å². The first-order valence-electron chi connectivity index (χ1n) is 6.45. The Labute approximate surface area is 103 Å². The SMILES string of the molecule is C[C@@H](NCC1CCCNC1)c1ccc(F)cc1. The van der Waals surface area contributed by atoms with Crippen LogP contribution in [-0.4, -0.2) is 19.6 Å². The summed E-state index contributed by atoms with van der Waals surface area (Å²) in [4.78, 5) is 0. The molecular weight excluding hydrogens is 215 g/mol.